The highest BCUT2D eigenvalue weighted by Gasteiger charge is 2.28. The van der Waals surface area contributed by atoms with E-state index < -0.39 is 5.54 Å². The molecule has 0 aliphatic heterocycles. The second-order valence-corrected chi connectivity index (χ2v) is 6.59. The van der Waals surface area contributed by atoms with Crippen molar-refractivity contribution >= 4 is 33.2 Å². The first kappa shape index (κ1) is 13.7. The van der Waals surface area contributed by atoms with Crippen LogP contribution in [0.1, 0.15) is 19.4 Å². The van der Waals surface area contributed by atoms with Gasteiger partial charge >= 0.3 is 0 Å². The average Bonchev–Trinajstić information content (AvgIpc) is 2.62. The molecule has 0 radical (unpaired) electrons. The Kier molecular flexibility index (Phi) is 4.52. The zero-order valence-electron chi connectivity index (χ0n) is 10.0. The van der Waals surface area contributed by atoms with E-state index in [-0.39, 0.29) is 5.91 Å². The van der Waals surface area contributed by atoms with Crippen molar-refractivity contribution in [3.8, 4) is 0 Å². The zero-order valence-corrected chi connectivity index (χ0v) is 12.4. The van der Waals surface area contributed by atoms with Gasteiger partial charge in [0, 0.05) is 13.6 Å². The standard InChI is InChI=1S/C11H17BrN2OS/c1-11(2,13-3)10(15)14(4)6-8-5-9(12)16-7-8/h5,7,13H,6H2,1-4H3. The first-order chi connectivity index (χ1) is 7.36. The van der Waals surface area contributed by atoms with E-state index >= 15 is 0 Å². The molecule has 0 unspecified atom stereocenters. The third kappa shape index (κ3) is 3.30. The molecule has 0 bridgehead atoms. The van der Waals surface area contributed by atoms with Crippen molar-refractivity contribution in [3.05, 3.63) is 20.8 Å². The van der Waals surface area contributed by atoms with Gasteiger partial charge < -0.3 is 10.2 Å². The quantitative estimate of drug-likeness (QED) is 0.927. The minimum atomic E-state index is -0.512. The Hall–Kier alpha value is -0.390. The second kappa shape index (κ2) is 5.29. The highest BCUT2D eigenvalue weighted by molar-refractivity contribution is 9.11. The maximum Gasteiger partial charge on any atom is 0.242 e. The van der Waals surface area contributed by atoms with E-state index in [9.17, 15) is 4.79 Å². The molecule has 16 heavy (non-hydrogen) atoms. The van der Waals surface area contributed by atoms with Crippen LogP contribution in [0, 0.1) is 0 Å². The summed E-state index contributed by atoms with van der Waals surface area (Å²) in [6.07, 6.45) is 0. The fourth-order valence-corrected chi connectivity index (χ4v) is 2.56. The summed E-state index contributed by atoms with van der Waals surface area (Å²) < 4.78 is 1.09. The fraction of sp³-hybridized carbons (Fsp3) is 0.545. The normalized spacial score (nSPS) is 11.6. The molecule has 0 saturated heterocycles. The van der Waals surface area contributed by atoms with Gasteiger partial charge in [0.2, 0.25) is 5.91 Å². The maximum atomic E-state index is 12.1. The van der Waals surface area contributed by atoms with Crippen molar-refractivity contribution in [2.45, 2.75) is 25.9 Å². The number of halogens is 1. The molecule has 5 heteroatoms. The van der Waals surface area contributed by atoms with E-state index in [0.717, 1.165) is 9.35 Å². The summed E-state index contributed by atoms with van der Waals surface area (Å²) in [6, 6.07) is 2.04. The molecule has 90 valence electrons. The molecule has 1 amide bonds. The van der Waals surface area contributed by atoms with Gasteiger partial charge in [0.15, 0.2) is 0 Å². The lowest BCUT2D eigenvalue weighted by Gasteiger charge is -2.28. The summed E-state index contributed by atoms with van der Waals surface area (Å²) >= 11 is 5.05. The highest BCUT2D eigenvalue weighted by Crippen LogP contribution is 2.22. The number of hydrogen-bond acceptors (Lipinski definition) is 3. The first-order valence-electron chi connectivity index (χ1n) is 5.04. The Bertz CT molecular complexity index is 376. The molecule has 1 aromatic heterocycles. The smallest absolute Gasteiger partial charge is 0.242 e. The number of thiophene rings is 1. The number of carbonyl (C=O) groups is 1. The summed E-state index contributed by atoms with van der Waals surface area (Å²) in [4.78, 5) is 13.8. The lowest BCUT2D eigenvalue weighted by atomic mass is 10.0. The monoisotopic (exact) mass is 304 g/mol. The second-order valence-electron chi connectivity index (χ2n) is 4.30. The zero-order chi connectivity index (χ0) is 12.3. The van der Waals surface area contributed by atoms with Crippen LogP contribution in [0.5, 0.6) is 0 Å². The molecule has 1 heterocycles. The predicted molar refractivity (Wildman–Crippen MR) is 71.6 cm³/mol. The van der Waals surface area contributed by atoms with Gasteiger partial charge in [0.05, 0.1) is 9.33 Å². The molecular weight excluding hydrogens is 288 g/mol. The molecule has 3 nitrogen and oxygen atoms in total. The summed E-state index contributed by atoms with van der Waals surface area (Å²) in [7, 11) is 3.62. The summed E-state index contributed by atoms with van der Waals surface area (Å²) in [5, 5.41) is 5.07. The molecule has 0 spiro atoms. The van der Waals surface area contributed by atoms with E-state index in [0.29, 0.717) is 6.54 Å². The van der Waals surface area contributed by atoms with Gasteiger partial charge in [0.25, 0.3) is 0 Å². The van der Waals surface area contributed by atoms with Gasteiger partial charge in [-0.2, -0.15) is 0 Å². The Balaban J connectivity index is 2.65. The molecule has 1 N–H and O–H groups in total. The van der Waals surface area contributed by atoms with E-state index in [1.807, 2.05) is 27.0 Å². The Morgan fingerprint density at radius 2 is 2.25 bits per heavy atom. The highest BCUT2D eigenvalue weighted by atomic mass is 79.9. The van der Waals surface area contributed by atoms with Crippen LogP contribution in [0.2, 0.25) is 0 Å². The molecule has 0 saturated carbocycles. The van der Waals surface area contributed by atoms with Crippen molar-refractivity contribution in [2.75, 3.05) is 14.1 Å². The number of likely N-dealkylation sites (N-methyl/N-ethyl adjacent to an activating group) is 2. The lowest BCUT2D eigenvalue weighted by molar-refractivity contribution is -0.136. The molecule has 1 rings (SSSR count). The van der Waals surface area contributed by atoms with Crippen LogP contribution in [-0.2, 0) is 11.3 Å². The topological polar surface area (TPSA) is 32.3 Å². The van der Waals surface area contributed by atoms with Crippen molar-refractivity contribution < 1.29 is 4.79 Å². The number of carbonyl (C=O) groups excluding carboxylic acids is 1. The van der Waals surface area contributed by atoms with E-state index in [1.54, 1.807) is 23.3 Å². The third-order valence-electron chi connectivity index (χ3n) is 2.55. The van der Waals surface area contributed by atoms with Crippen molar-refractivity contribution in [2.24, 2.45) is 0 Å². The summed E-state index contributed by atoms with van der Waals surface area (Å²) in [5.41, 5.74) is 0.641. The maximum absolute atomic E-state index is 12.1. The van der Waals surface area contributed by atoms with Gasteiger partial charge in [-0.3, -0.25) is 4.79 Å². The van der Waals surface area contributed by atoms with Crippen LogP contribution in [0.25, 0.3) is 0 Å². The van der Waals surface area contributed by atoms with Crippen molar-refractivity contribution in [1.29, 1.82) is 0 Å². The molecule has 0 aromatic carbocycles. The van der Waals surface area contributed by atoms with E-state index in [1.165, 1.54) is 0 Å². The van der Waals surface area contributed by atoms with Gasteiger partial charge in [-0.05, 0) is 53.8 Å². The van der Waals surface area contributed by atoms with E-state index in [2.05, 4.69) is 26.6 Å². The van der Waals surface area contributed by atoms with Gasteiger partial charge in [-0.1, -0.05) is 0 Å². The van der Waals surface area contributed by atoms with Crippen molar-refractivity contribution in [3.63, 3.8) is 0 Å². The molecule has 1 aromatic rings. The lowest BCUT2D eigenvalue weighted by Crippen LogP contribution is -2.51. The molecule has 0 aliphatic carbocycles. The van der Waals surface area contributed by atoms with Crippen LogP contribution >= 0.6 is 27.3 Å². The largest absolute Gasteiger partial charge is 0.340 e. The average molecular weight is 305 g/mol. The molecular formula is C11H17BrN2OS. The Morgan fingerprint density at radius 3 is 2.69 bits per heavy atom. The van der Waals surface area contributed by atoms with Crippen LogP contribution in [-0.4, -0.2) is 30.4 Å². The third-order valence-corrected chi connectivity index (χ3v) is 4.10. The van der Waals surface area contributed by atoms with Crippen LogP contribution in [0.4, 0.5) is 0 Å². The van der Waals surface area contributed by atoms with Crippen molar-refractivity contribution in [1.82, 2.24) is 10.2 Å². The van der Waals surface area contributed by atoms with Crippen LogP contribution in [0.3, 0.4) is 0 Å². The number of rotatable bonds is 4. The van der Waals surface area contributed by atoms with E-state index in [4.69, 9.17) is 0 Å². The fourth-order valence-electron chi connectivity index (χ4n) is 1.36. The summed E-state index contributed by atoms with van der Waals surface area (Å²) in [6.45, 7) is 4.41. The molecule has 0 fully saturated rings. The number of hydrogen-bond donors (Lipinski definition) is 1. The molecule has 0 aliphatic rings. The van der Waals surface area contributed by atoms with Crippen LogP contribution in [0.15, 0.2) is 15.2 Å². The van der Waals surface area contributed by atoms with Gasteiger partial charge in [-0.25, -0.2) is 0 Å². The SMILES string of the molecule is CNC(C)(C)C(=O)N(C)Cc1csc(Br)c1. The van der Waals surface area contributed by atoms with Gasteiger partial charge in [0.1, 0.15) is 0 Å². The Labute approximate surface area is 109 Å². The minimum Gasteiger partial charge on any atom is -0.340 e. The van der Waals surface area contributed by atoms with Gasteiger partial charge in [-0.15, -0.1) is 11.3 Å². The number of amides is 1. The first-order valence-corrected chi connectivity index (χ1v) is 6.71. The predicted octanol–water partition coefficient (Wildman–Crippen LogP) is 2.47. The van der Waals surface area contributed by atoms with Crippen LogP contribution < -0.4 is 5.32 Å². The number of nitrogens with zero attached hydrogens (tertiary/aromatic N) is 1. The summed E-state index contributed by atoms with van der Waals surface area (Å²) in [5.74, 6) is 0.0947. The Morgan fingerprint density at radius 1 is 1.62 bits per heavy atom. The minimum absolute atomic E-state index is 0.0947. The molecule has 0 atom stereocenters. The number of nitrogens with one attached hydrogen (secondary N) is 1.